The SMILES string of the molecule is Cc1cc(N2CCN(C)CC2)nc(N2CCN(S(=O)(=O)c3ccc4ccccc4c3)CC2)n1. The maximum absolute atomic E-state index is 13.3. The van der Waals surface area contributed by atoms with Crippen molar-refractivity contribution in [2.45, 2.75) is 11.8 Å². The van der Waals surface area contributed by atoms with Crippen LogP contribution in [0.4, 0.5) is 11.8 Å². The molecule has 2 aliphatic rings. The van der Waals surface area contributed by atoms with Gasteiger partial charge in [0, 0.05) is 64.1 Å². The summed E-state index contributed by atoms with van der Waals surface area (Å²) in [6.45, 7) is 7.89. The number of nitrogens with zero attached hydrogens (tertiary/aromatic N) is 6. The van der Waals surface area contributed by atoms with E-state index in [0.29, 0.717) is 37.0 Å². The zero-order valence-corrected chi connectivity index (χ0v) is 20.0. The molecule has 8 nitrogen and oxygen atoms in total. The second-order valence-corrected chi connectivity index (χ2v) is 10.8. The lowest BCUT2D eigenvalue weighted by molar-refractivity contribution is 0.312. The minimum atomic E-state index is -3.54. The molecule has 2 saturated heterocycles. The number of piperazine rings is 2. The second-order valence-electron chi connectivity index (χ2n) is 8.86. The number of hydrogen-bond acceptors (Lipinski definition) is 7. The van der Waals surface area contributed by atoms with E-state index in [2.05, 4.69) is 26.7 Å². The zero-order chi connectivity index (χ0) is 23.0. The second kappa shape index (κ2) is 8.89. The number of sulfonamides is 1. The Morgan fingerprint density at radius 2 is 1.42 bits per heavy atom. The van der Waals surface area contributed by atoms with Crippen LogP contribution in [0.1, 0.15) is 5.69 Å². The van der Waals surface area contributed by atoms with Gasteiger partial charge in [-0.05, 0) is 36.9 Å². The van der Waals surface area contributed by atoms with Gasteiger partial charge in [0.25, 0.3) is 0 Å². The topological polar surface area (TPSA) is 72.9 Å². The van der Waals surface area contributed by atoms with Gasteiger partial charge >= 0.3 is 0 Å². The highest BCUT2D eigenvalue weighted by atomic mass is 32.2. The van der Waals surface area contributed by atoms with Crippen molar-refractivity contribution in [1.82, 2.24) is 19.2 Å². The maximum atomic E-state index is 13.3. The minimum Gasteiger partial charge on any atom is -0.354 e. The van der Waals surface area contributed by atoms with E-state index in [9.17, 15) is 8.42 Å². The molecule has 9 heteroatoms. The number of likely N-dealkylation sites (N-methyl/N-ethyl adjacent to an activating group) is 1. The first-order valence-corrected chi connectivity index (χ1v) is 12.9. The van der Waals surface area contributed by atoms with E-state index in [1.165, 1.54) is 0 Å². The lowest BCUT2D eigenvalue weighted by Gasteiger charge is -2.36. The fourth-order valence-electron chi connectivity index (χ4n) is 4.48. The van der Waals surface area contributed by atoms with Crippen molar-refractivity contribution in [3.05, 3.63) is 54.2 Å². The van der Waals surface area contributed by atoms with Crippen LogP contribution in [0.3, 0.4) is 0 Å². The van der Waals surface area contributed by atoms with Crippen LogP contribution in [0.25, 0.3) is 10.8 Å². The molecule has 1 aromatic heterocycles. The maximum Gasteiger partial charge on any atom is 0.243 e. The highest BCUT2D eigenvalue weighted by Crippen LogP contribution is 2.24. The van der Waals surface area contributed by atoms with Crippen LogP contribution in [0.15, 0.2) is 53.4 Å². The highest BCUT2D eigenvalue weighted by molar-refractivity contribution is 7.89. The van der Waals surface area contributed by atoms with Crippen molar-refractivity contribution in [1.29, 1.82) is 0 Å². The summed E-state index contributed by atoms with van der Waals surface area (Å²) >= 11 is 0. The molecule has 0 saturated carbocycles. The fourth-order valence-corrected chi connectivity index (χ4v) is 5.94. The number of benzene rings is 2. The largest absolute Gasteiger partial charge is 0.354 e. The fraction of sp³-hybridized carbons (Fsp3) is 0.417. The number of fused-ring (bicyclic) bond motifs is 1. The Labute approximate surface area is 195 Å². The predicted molar refractivity (Wildman–Crippen MR) is 131 cm³/mol. The van der Waals surface area contributed by atoms with Gasteiger partial charge in [0.15, 0.2) is 0 Å². The summed E-state index contributed by atoms with van der Waals surface area (Å²) in [6.07, 6.45) is 0. The van der Waals surface area contributed by atoms with Gasteiger partial charge in [-0.25, -0.2) is 13.4 Å². The van der Waals surface area contributed by atoms with Gasteiger partial charge in [0.2, 0.25) is 16.0 Å². The van der Waals surface area contributed by atoms with E-state index in [1.807, 2.05) is 43.3 Å². The van der Waals surface area contributed by atoms with E-state index in [1.54, 1.807) is 16.4 Å². The standard InChI is InChI=1S/C24H30N6O2S/c1-19-17-23(28-11-9-27(2)10-12-28)26-24(25-19)29-13-15-30(16-14-29)33(31,32)22-8-7-20-5-3-4-6-21(20)18-22/h3-8,17-18H,9-16H2,1-2H3. The van der Waals surface area contributed by atoms with Gasteiger partial charge in [-0.3, -0.25) is 0 Å². The molecule has 3 aromatic rings. The molecule has 5 rings (SSSR count). The van der Waals surface area contributed by atoms with Crippen LogP contribution >= 0.6 is 0 Å². The Kier molecular flexibility index (Phi) is 5.94. The molecule has 2 aliphatic heterocycles. The number of aromatic nitrogens is 2. The Bertz CT molecular complexity index is 1250. The molecule has 3 heterocycles. The summed E-state index contributed by atoms with van der Waals surface area (Å²) in [4.78, 5) is 16.6. The lowest BCUT2D eigenvalue weighted by atomic mass is 10.1. The number of rotatable bonds is 4. The summed E-state index contributed by atoms with van der Waals surface area (Å²) < 4.78 is 28.1. The summed E-state index contributed by atoms with van der Waals surface area (Å²) in [6, 6.07) is 15.2. The quantitative estimate of drug-likeness (QED) is 0.584. The normalized spacial score (nSPS) is 18.7. The molecule has 0 atom stereocenters. The van der Waals surface area contributed by atoms with Crippen LogP contribution in [-0.2, 0) is 10.0 Å². The van der Waals surface area contributed by atoms with E-state index in [4.69, 9.17) is 4.98 Å². The van der Waals surface area contributed by atoms with Crippen LogP contribution in [0, 0.1) is 6.92 Å². The summed E-state index contributed by atoms with van der Waals surface area (Å²) in [5, 5.41) is 1.97. The van der Waals surface area contributed by atoms with Crippen molar-refractivity contribution in [3.63, 3.8) is 0 Å². The van der Waals surface area contributed by atoms with Gasteiger partial charge in [-0.1, -0.05) is 30.3 Å². The van der Waals surface area contributed by atoms with Crippen molar-refractivity contribution in [2.24, 2.45) is 0 Å². The van der Waals surface area contributed by atoms with Gasteiger partial charge in [0.05, 0.1) is 4.90 Å². The molecule has 174 valence electrons. The van der Waals surface area contributed by atoms with Crippen LogP contribution in [0.2, 0.25) is 0 Å². The summed E-state index contributed by atoms with van der Waals surface area (Å²) in [5.41, 5.74) is 0.931. The molecular weight excluding hydrogens is 436 g/mol. The third-order valence-corrected chi connectivity index (χ3v) is 8.43. The molecule has 0 spiro atoms. The van der Waals surface area contributed by atoms with Crippen LogP contribution in [0.5, 0.6) is 0 Å². The van der Waals surface area contributed by atoms with Crippen molar-refractivity contribution in [3.8, 4) is 0 Å². The van der Waals surface area contributed by atoms with E-state index < -0.39 is 10.0 Å². The summed E-state index contributed by atoms with van der Waals surface area (Å²) in [5.74, 6) is 1.64. The molecule has 2 aromatic carbocycles. The average molecular weight is 467 g/mol. The number of hydrogen-bond donors (Lipinski definition) is 0. The Hall–Kier alpha value is -2.75. The van der Waals surface area contributed by atoms with Gasteiger partial charge in [-0.2, -0.15) is 9.29 Å². The average Bonchev–Trinajstić information content (AvgIpc) is 2.84. The molecule has 0 bridgehead atoms. The number of anilines is 2. The first-order chi connectivity index (χ1) is 15.9. The smallest absolute Gasteiger partial charge is 0.243 e. The van der Waals surface area contributed by atoms with E-state index in [-0.39, 0.29) is 0 Å². The third-order valence-electron chi connectivity index (χ3n) is 6.54. The Balaban J connectivity index is 1.30. The van der Waals surface area contributed by atoms with E-state index >= 15 is 0 Å². The molecule has 0 radical (unpaired) electrons. The Morgan fingerprint density at radius 3 is 2.15 bits per heavy atom. The number of aryl methyl sites for hydroxylation is 1. The van der Waals surface area contributed by atoms with Crippen molar-refractivity contribution in [2.75, 3.05) is 69.2 Å². The molecule has 0 aliphatic carbocycles. The third kappa shape index (κ3) is 4.53. The molecule has 0 N–H and O–H groups in total. The van der Waals surface area contributed by atoms with E-state index in [0.717, 1.165) is 48.5 Å². The molecular formula is C24H30N6O2S. The molecule has 0 unspecified atom stereocenters. The van der Waals surface area contributed by atoms with Gasteiger partial charge in [-0.15, -0.1) is 0 Å². The molecule has 33 heavy (non-hydrogen) atoms. The monoisotopic (exact) mass is 466 g/mol. The zero-order valence-electron chi connectivity index (χ0n) is 19.2. The molecule has 2 fully saturated rings. The predicted octanol–water partition coefficient (Wildman–Crippen LogP) is 2.20. The van der Waals surface area contributed by atoms with Crippen molar-refractivity contribution >= 4 is 32.6 Å². The lowest BCUT2D eigenvalue weighted by Crippen LogP contribution is -2.49. The van der Waals surface area contributed by atoms with Crippen molar-refractivity contribution < 1.29 is 8.42 Å². The minimum absolute atomic E-state index is 0.346. The van der Waals surface area contributed by atoms with Gasteiger partial charge < -0.3 is 14.7 Å². The highest BCUT2D eigenvalue weighted by Gasteiger charge is 2.30. The summed E-state index contributed by atoms with van der Waals surface area (Å²) in [7, 11) is -1.41. The van der Waals surface area contributed by atoms with Crippen LogP contribution in [-0.4, -0.2) is 87.0 Å². The molecule has 0 amide bonds. The van der Waals surface area contributed by atoms with Gasteiger partial charge in [0.1, 0.15) is 5.82 Å². The first kappa shape index (κ1) is 22.1. The Morgan fingerprint density at radius 1 is 0.758 bits per heavy atom. The first-order valence-electron chi connectivity index (χ1n) is 11.4. The van der Waals surface area contributed by atoms with Crippen LogP contribution < -0.4 is 9.80 Å².